The molecule has 0 radical (unpaired) electrons. The molecule has 6 heteroatoms. The molecular weight excluding hydrogens is 292 g/mol. The largest absolute Gasteiger partial charge is 0.310 e. The first-order chi connectivity index (χ1) is 9.41. The first-order valence-electron chi connectivity index (χ1n) is 6.85. The quantitative estimate of drug-likeness (QED) is 0.713. The lowest BCUT2D eigenvalue weighted by Crippen LogP contribution is -2.31. The number of nitrogens with one attached hydrogen (secondary N) is 1. The number of hydrogen-bond donors (Lipinski definition) is 1. The second-order valence-corrected chi connectivity index (χ2v) is 8.24. The Morgan fingerprint density at radius 2 is 2.15 bits per heavy atom. The van der Waals surface area contributed by atoms with Crippen LogP contribution in [0.2, 0.25) is 0 Å². The summed E-state index contributed by atoms with van der Waals surface area (Å²) in [5.74, 6) is 0. The highest BCUT2D eigenvalue weighted by atomic mass is 32.2. The Morgan fingerprint density at radius 3 is 2.70 bits per heavy atom. The molecular formula is C14H24N2O2S2. The van der Waals surface area contributed by atoms with E-state index in [1.807, 2.05) is 13.0 Å². The predicted molar refractivity (Wildman–Crippen MR) is 85.5 cm³/mol. The van der Waals surface area contributed by atoms with Crippen LogP contribution in [0.5, 0.6) is 0 Å². The molecule has 0 aromatic carbocycles. The summed E-state index contributed by atoms with van der Waals surface area (Å²) in [6, 6.07) is 3.96. The van der Waals surface area contributed by atoms with Crippen LogP contribution in [-0.4, -0.2) is 31.9 Å². The first-order valence-corrected chi connectivity index (χ1v) is 9.10. The standard InChI is InChI=1S/C14H24N2O2S2/c1-5-9-16(10-6-2)20(17,18)14-8-7-13(19-14)11-15-12(3)4/h5,7-8,12,15H,1,6,9-11H2,2-4H3. The van der Waals surface area contributed by atoms with Crippen molar-refractivity contribution >= 4 is 21.4 Å². The normalized spacial score (nSPS) is 12.2. The summed E-state index contributed by atoms with van der Waals surface area (Å²) in [6.07, 6.45) is 2.42. The van der Waals surface area contributed by atoms with Gasteiger partial charge in [-0.15, -0.1) is 17.9 Å². The minimum atomic E-state index is -3.39. The van der Waals surface area contributed by atoms with E-state index in [2.05, 4.69) is 25.7 Å². The molecule has 20 heavy (non-hydrogen) atoms. The number of rotatable bonds is 9. The highest BCUT2D eigenvalue weighted by Gasteiger charge is 2.24. The lowest BCUT2D eigenvalue weighted by molar-refractivity contribution is 0.443. The van der Waals surface area contributed by atoms with Crippen molar-refractivity contribution < 1.29 is 8.42 Å². The smallest absolute Gasteiger partial charge is 0.252 e. The molecule has 0 aliphatic heterocycles. The van der Waals surface area contributed by atoms with Crippen molar-refractivity contribution in [3.63, 3.8) is 0 Å². The maximum Gasteiger partial charge on any atom is 0.252 e. The fourth-order valence-corrected chi connectivity index (χ4v) is 4.69. The Morgan fingerprint density at radius 1 is 1.45 bits per heavy atom. The molecule has 114 valence electrons. The van der Waals surface area contributed by atoms with Crippen LogP contribution < -0.4 is 5.32 Å². The molecule has 0 aliphatic rings. The molecule has 1 N–H and O–H groups in total. The van der Waals surface area contributed by atoms with E-state index in [1.165, 1.54) is 15.6 Å². The summed E-state index contributed by atoms with van der Waals surface area (Å²) >= 11 is 1.34. The average Bonchev–Trinajstić information content (AvgIpc) is 2.85. The Bertz CT molecular complexity index is 521. The molecule has 0 fully saturated rings. The minimum Gasteiger partial charge on any atom is -0.310 e. The van der Waals surface area contributed by atoms with E-state index in [9.17, 15) is 8.42 Å². The van der Waals surface area contributed by atoms with E-state index in [0.717, 1.165) is 11.3 Å². The molecule has 0 unspecified atom stereocenters. The highest BCUT2D eigenvalue weighted by Crippen LogP contribution is 2.25. The maximum absolute atomic E-state index is 12.5. The predicted octanol–water partition coefficient (Wildman–Crippen LogP) is 2.83. The monoisotopic (exact) mass is 316 g/mol. The van der Waals surface area contributed by atoms with Crippen molar-refractivity contribution in [3.8, 4) is 0 Å². The van der Waals surface area contributed by atoms with Crippen LogP contribution in [0.15, 0.2) is 29.0 Å². The van der Waals surface area contributed by atoms with Crippen molar-refractivity contribution in [1.82, 2.24) is 9.62 Å². The fourth-order valence-electron chi connectivity index (χ4n) is 1.73. The Labute approximate surface area is 126 Å². The molecule has 0 amide bonds. The molecule has 1 aromatic heterocycles. The van der Waals surface area contributed by atoms with Gasteiger partial charge in [-0.1, -0.05) is 26.8 Å². The van der Waals surface area contributed by atoms with Gasteiger partial charge < -0.3 is 5.32 Å². The van der Waals surface area contributed by atoms with Crippen LogP contribution in [0, 0.1) is 0 Å². The average molecular weight is 316 g/mol. The second-order valence-electron chi connectivity index (χ2n) is 4.91. The van der Waals surface area contributed by atoms with E-state index >= 15 is 0 Å². The van der Waals surface area contributed by atoms with Gasteiger partial charge in [0, 0.05) is 30.6 Å². The van der Waals surface area contributed by atoms with Crippen molar-refractivity contribution in [1.29, 1.82) is 0 Å². The number of thiophene rings is 1. The minimum absolute atomic E-state index is 0.355. The summed E-state index contributed by atoms with van der Waals surface area (Å²) in [6.45, 7) is 11.3. The van der Waals surface area contributed by atoms with Gasteiger partial charge in [-0.25, -0.2) is 8.42 Å². The molecule has 1 rings (SSSR count). The SMILES string of the molecule is C=CCN(CCC)S(=O)(=O)c1ccc(CNC(C)C)s1. The Balaban J connectivity index is 2.88. The Kier molecular flexibility index (Phi) is 6.88. The summed E-state index contributed by atoms with van der Waals surface area (Å²) in [4.78, 5) is 1.03. The van der Waals surface area contributed by atoms with Crippen LogP contribution in [0.3, 0.4) is 0 Å². The molecule has 4 nitrogen and oxygen atoms in total. The highest BCUT2D eigenvalue weighted by molar-refractivity contribution is 7.91. The van der Waals surface area contributed by atoms with Crippen LogP contribution in [0.1, 0.15) is 32.1 Å². The van der Waals surface area contributed by atoms with Gasteiger partial charge in [0.05, 0.1) is 0 Å². The Hall–Kier alpha value is -0.690. The van der Waals surface area contributed by atoms with Crippen molar-refractivity contribution in [2.75, 3.05) is 13.1 Å². The molecule has 1 aromatic rings. The summed E-state index contributed by atoms with van der Waals surface area (Å²) in [7, 11) is -3.39. The van der Waals surface area contributed by atoms with Gasteiger partial charge in [-0.05, 0) is 18.6 Å². The zero-order chi connectivity index (χ0) is 15.2. The lowest BCUT2D eigenvalue weighted by atomic mass is 10.4. The third-order valence-electron chi connectivity index (χ3n) is 2.72. The van der Waals surface area contributed by atoms with E-state index in [0.29, 0.717) is 29.9 Å². The zero-order valence-electron chi connectivity index (χ0n) is 12.4. The third-order valence-corrected chi connectivity index (χ3v) is 6.14. The summed E-state index contributed by atoms with van der Waals surface area (Å²) in [5, 5.41) is 3.29. The number of nitrogens with zero attached hydrogens (tertiary/aromatic N) is 1. The molecule has 0 saturated carbocycles. The number of hydrogen-bond acceptors (Lipinski definition) is 4. The van der Waals surface area contributed by atoms with E-state index in [1.54, 1.807) is 12.1 Å². The van der Waals surface area contributed by atoms with Crippen LogP contribution in [0.25, 0.3) is 0 Å². The van der Waals surface area contributed by atoms with Crippen molar-refractivity contribution in [2.24, 2.45) is 0 Å². The maximum atomic E-state index is 12.5. The third kappa shape index (κ3) is 4.70. The molecule has 0 spiro atoms. The molecule has 0 saturated heterocycles. The van der Waals surface area contributed by atoms with Gasteiger partial charge in [0.25, 0.3) is 10.0 Å². The number of sulfonamides is 1. The fraction of sp³-hybridized carbons (Fsp3) is 0.571. The van der Waals surface area contributed by atoms with Gasteiger partial charge in [0.15, 0.2) is 0 Å². The zero-order valence-corrected chi connectivity index (χ0v) is 14.1. The second kappa shape index (κ2) is 7.93. The molecule has 0 atom stereocenters. The lowest BCUT2D eigenvalue weighted by Gasteiger charge is -2.18. The topological polar surface area (TPSA) is 49.4 Å². The summed E-state index contributed by atoms with van der Waals surface area (Å²) in [5.41, 5.74) is 0. The van der Waals surface area contributed by atoms with Crippen LogP contribution in [-0.2, 0) is 16.6 Å². The van der Waals surface area contributed by atoms with E-state index in [-0.39, 0.29) is 0 Å². The van der Waals surface area contributed by atoms with Gasteiger partial charge in [0.1, 0.15) is 4.21 Å². The first kappa shape index (κ1) is 17.4. The van der Waals surface area contributed by atoms with Crippen molar-refractivity contribution in [2.45, 2.75) is 44.0 Å². The van der Waals surface area contributed by atoms with Gasteiger partial charge in [-0.3, -0.25) is 0 Å². The van der Waals surface area contributed by atoms with Crippen LogP contribution in [0.4, 0.5) is 0 Å². The van der Waals surface area contributed by atoms with Crippen LogP contribution >= 0.6 is 11.3 Å². The van der Waals surface area contributed by atoms with Gasteiger partial charge in [-0.2, -0.15) is 4.31 Å². The summed E-state index contributed by atoms with van der Waals surface area (Å²) < 4.78 is 27.0. The van der Waals surface area contributed by atoms with Gasteiger partial charge in [0.2, 0.25) is 0 Å². The molecule has 0 bridgehead atoms. The molecule has 0 aliphatic carbocycles. The van der Waals surface area contributed by atoms with Crippen molar-refractivity contribution in [3.05, 3.63) is 29.7 Å². The van der Waals surface area contributed by atoms with E-state index < -0.39 is 10.0 Å². The van der Waals surface area contributed by atoms with E-state index in [4.69, 9.17) is 0 Å². The van der Waals surface area contributed by atoms with Gasteiger partial charge >= 0.3 is 0 Å². The molecule has 1 heterocycles.